The smallest absolute Gasteiger partial charge is 0.198 e. The topological polar surface area (TPSA) is 74.6 Å². The maximum Gasteiger partial charge on any atom is 0.198 e. The number of carbonyl (C=O) groups excluding carboxylic acids is 2. The maximum atomic E-state index is 12.8. The number of benzene rings is 3. The Kier molecular flexibility index (Phi) is 3.22. The number of hydrogen-bond donors (Lipinski definition) is 2. The number of rotatable bonds is 1. The minimum Gasteiger partial charge on any atom is -0.508 e. The largest absolute Gasteiger partial charge is 0.508 e. The van der Waals surface area contributed by atoms with Crippen molar-refractivity contribution in [2.45, 2.75) is 6.92 Å². The van der Waals surface area contributed by atoms with Crippen molar-refractivity contribution >= 4 is 11.6 Å². The van der Waals surface area contributed by atoms with Gasteiger partial charge in [-0.3, -0.25) is 9.59 Å². The highest BCUT2D eigenvalue weighted by Gasteiger charge is 2.32. The molecule has 0 saturated carbocycles. The molecule has 0 bridgehead atoms. The van der Waals surface area contributed by atoms with Gasteiger partial charge in [-0.2, -0.15) is 0 Å². The van der Waals surface area contributed by atoms with Gasteiger partial charge in [0.25, 0.3) is 0 Å². The fraction of sp³-hybridized carbons (Fsp3) is 0.0476. The molecule has 0 aliphatic heterocycles. The lowest BCUT2D eigenvalue weighted by Crippen LogP contribution is -2.21. The van der Waals surface area contributed by atoms with Crippen LogP contribution in [-0.4, -0.2) is 21.8 Å². The van der Waals surface area contributed by atoms with E-state index < -0.39 is 0 Å². The molecule has 1 aliphatic rings. The second-order valence-corrected chi connectivity index (χ2v) is 6.12. The van der Waals surface area contributed by atoms with Crippen LogP contribution < -0.4 is 0 Å². The van der Waals surface area contributed by atoms with Gasteiger partial charge in [0.05, 0.1) is 5.56 Å². The summed E-state index contributed by atoms with van der Waals surface area (Å²) in [5.74, 6) is -0.762. The second kappa shape index (κ2) is 5.31. The number of hydrogen-bond acceptors (Lipinski definition) is 4. The van der Waals surface area contributed by atoms with Gasteiger partial charge in [-0.1, -0.05) is 36.4 Å². The summed E-state index contributed by atoms with van der Waals surface area (Å²) >= 11 is 0. The average molecular weight is 330 g/mol. The minimum atomic E-state index is -0.360. The molecule has 0 spiro atoms. The summed E-state index contributed by atoms with van der Waals surface area (Å²) in [6.07, 6.45) is 0. The highest BCUT2D eigenvalue weighted by atomic mass is 16.3. The molecule has 4 nitrogen and oxygen atoms in total. The lowest BCUT2D eigenvalue weighted by molar-refractivity contribution is 0.0976. The third kappa shape index (κ3) is 2.22. The molecule has 3 aromatic rings. The van der Waals surface area contributed by atoms with Crippen LogP contribution in [0.2, 0.25) is 0 Å². The van der Waals surface area contributed by atoms with E-state index in [1.54, 1.807) is 55.5 Å². The van der Waals surface area contributed by atoms with Gasteiger partial charge in [0.2, 0.25) is 0 Å². The fourth-order valence-corrected chi connectivity index (χ4v) is 3.16. The van der Waals surface area contributed by atoms with Crippen molar-refractivity contribution in [1.82, 2.24) is 0 Å². The molecule has 0 saturated heterocycles. The molecule has 4 heteroatoms. The standard InChI is InChI=1S/C21H14O4/c1-11-6-7-12(9-17(11)22)13-8-16-19(18(23)10-13)21(25)15-5-3-2-4-14(15)20(16)24/h2-10,22-23H,1H3. The molecule has 122 valence electrons. The number of phenols is 2. The van der Waals surface area contributed by atoms with Crippen LogP contribution in [0.4, 0.5) is 0 Å². The molecule has 0 atom stereocenters. The zero-order chi connectivity index (χ0) is 17.7. The molecule has 3 aromatic carbocycles. The summed E-state index contributed by atoms with van der Waals surface area (Å²) in [6.45, 7) is 1.78. The summed E-state index contributed by atoms with van der Waals surface area (Å²) in [5.41, 5.74) is 2.79. The van der Waals surface area contributed by atoms with Crippen molar-refractivity contribution < 1.29 is 19.8 Å². The Labute approximate surface area is 144 Å². The Bertz CT molecular complexity index is 1060. The van der Waals surface area contributed by atoms with Crippen molar-refractivity contribution in [3.63, 3.8) is 0 Å². The third-order valence-electron chi connectivity index (χ3n) is 4.55. The Morgan fingerprint density at radius 1 is 0.680 bits per heavy atom. The highest BCUT2D eigenvalue weighted by Crippen LogP contribution is 2.37. The van der Waals surface area contributed by atoms with Gasteiger partial charge in [-0.05, 0) is 41.8 Å². The number of fused-ring (bicyclic) bond motifs is 2. The van der Waals surface area contributed by atoms with E-state index in [0.29, 0.717) is 22.3 Å². The van der Waals surface area contributed by atoms with Crippen LogP contribution in [-0.2, 0) is 0 Å². The molecule has 0 fully saturated rings. The molecule has 0 radical (unpaired) electrons. The summed E-state index contributed by atoms with van der Waals surface area (Å²) in [4.78, 5) is 25.5. The second-order valence-electron chi connectivity index (χ2n) is 6.12. The number of aryl methyl sites for hydroxylation is 1. The van der Waals surface area contributed by atoms with E-state index in [1.807, 2.05) is 0 Å². The molecule has 0 unspecified atom stereocenters. The summed E-state index contributed by atoms with van der Waals surface area (Å²) in [5, 5.41) is 20.3. The maximum absolute atomic E-state index is 12.8. The molecule has 0 aromatic heterocycles. The summed E-state index contributed by atoms with van der Waals surface area (Å²) < 4.78 is 0. The number of phenolic OH excluding ortho intramolecular Hbond substituents is 2. The highest BCUT2D eigenvalue weighted by molar-refractivity contribution is 6.29. The van der Waals surface area contributed by atoms with E-state index in [1.165, 1.54) is 6.07 Å². The number of ketones is 2. The van der Waals surface area contributed by atoms with Crippen molar-refractivity contribution in [2.75, 3.05) is 0 Å². The predicted octanol–water partition coefficient (Wildman–Crippen LogP) is 3.85. The van der Waals surface area contributed by atoms with Gasteiger partial charge in [0.1, 0.15) is 11.5 Å². The minimum absolute atomic E-state index is 0.0313. The third-order valence-corrected chi connectivity index (χ3v) is 4.55. The lowest BCUT2D eigenvalue weighted by atomic mass is 9.82. The van der Waals surface area contributed by atoms with Crippen LogP contribution in [0.3, 0.4) is 0 Å². The van der Waals surface area contributed by atoms with Gasteiger partial charge in [-0.25, -0.2) is 0 Å². The van der Waals surface area contributed by atoms with E-state index in [4.69, 9.17) is 0 Å². The quantitative estimate of drug-likeness (QED) is 0.556. The van der Waals surface area contributed by atoms with Crippen LogP contribution in [0.15, 0.2) is 54.6 Å². The van der Waals surface area contributed by atoms with Crippen LogP contribution >= 0.6 is 0 Å². The predicted molar refractivity (Wildman–Crippen MR) is 93.3 cm³/mol. The number of carbonyl (C=O) groups is 2. The van der Waals surface area contributed by atoms with Gasteiger partial charge in [0.15, 0.2) is 11.6 Å². The van der Waals surface area contributed by atoms with Crippen LogP contribution in [0.5, 0.6) is 11.5 Å². The monoisotopic (exact) mass is 330 g/mol. The summed E-state index contributed by atoms with van der Waals surface area (Å²) in [6, 6.07) is 14.7. The van der Waals surface area contributed by atoms with Crippen molar-refractivity contribution in [3.8, 4) is 22.6 Å². The molecule has 1 aliphatic carbocycles. The Morgan fingerprint density at radius 2 is 1.32 bits per heavy atom. The molecular formula is C21H14O4. The summed E-state index contributed by atoms with van der Waals surface area (Å²) in [7, 11) is 0. The zero-order valence-corrected chi connectivity index (χ0v) is 13.4. The fourth-order valence-electron chi connectivity index (χ4n) is 3.16. The Morgan fingerprint density at radius 3 is 2.00 bits per heavy atom. The number of aromatic hydroxyl groups is 2. The van der Waals surface area contributed by atoms with Crippen LogP contribution in [0.25, 0.3) is 11.1 Å². The first-order valence-corrected chi connectivity index (χ1v) is 7.83. The lowest BCUT2D eigenvalue weighted by Gasteiger charge is -2.19. The van der Waals surface area contributed by atoms with Gasteiger partial charge >= 0.3 is 0 Å². The van der Waals surface area contributed by atoms with Gasteiger partial charge < -0.3 is 10.2 Å². The van der Waals surface area contributed by atoms with E-state index in [0.717, 1.165) is 5.56 Å². The van der Waals surface area contributed by atoms with E-state index >= 15 is 0 Å². The van der Waals surface area contributed by atoms with Crippen molar-refractivity contribution in [2.24, 2.45) is 0 Å². The van der Waals surface area contributed by atoms with E-state index in [2.05, 4.69) is 0 Å². The van der Waals surface area contributed by atoms with Crippen LogP contribution in [0, 0.1) is 6.92 Å². The van der Waals surface area contributed by atoms with Gasteiger partial charge in [0, 0.05) is 16.7 Å². The van der Waals surface area contributed by atoms with Crippen molar-refractivity contribution in [1.29, 1.82) is 0 Å². The van der Waals surface area contributed by atoms with Crippen LogP contribution in [0.1, 0.15) is 37.4 Å². The molecule has 2 N–H and O–H groups in total. The Balaban J connectivity index is 1.94. The first-order valence-electron chi connectivity index (χ1n) is 7.83. The first-order chi connectivity index (χ1) is 12.0. The van der Waals surface area contributed by atoms with Gasteiger partial charge in [-0.15, -0.1) is 0 Å². The van der Waals surface area contributed by atoms with E-state index in [-0.39, 0.29) is 34.2 Å². The van der Waals surface area contributed by atoms with Crippen molar-refractivity contribution in [3.05, 3.63) is 82.4 Å². The zero-order valence-electron chi connectivity index (χ0n) is 13.4. The van der Waals surface area contributed by atoms with E-state index in [9.17, 15) is 19.8 Å². The molecular weight excluding hydrogens is 316 g/mol. The normalized spacial score (nSPS) is 12.7. The molecule has 0 amide bonds. The SMILES string of the molecule is Cc1ccc(-c2cc(O)c3c(c2)C(=O)c2ccccc2C3=O)cc1O. The Hall–Kier alpha value is -3.40. The first kappa shape index (κ1) is 15.1. The average Bonchev–Trinajstić information content (AvgIpc) is 2.61. The molecule has 0 heterocycles. The molecule has 25 heavy (non-hydrogen) atoms. The molecule has 4 rings (SSSR count).